The number of nitrogens with two attached hydrogens (primary N) is 1. The second kappa shape index (κ2) is 3.76. The highest BCUT2D eigenvalue weighted by Gasteiger charge is 2.36. The summed E-state index contributed by atoms with van der Waals surface area (Å²) in [4.78, 5) is 31.7. The zero-order valence-electron chi connectivity index (χ0n) is 8.67. The zero-order valence-corrected chi connectivity index (χ0v) is 8.67. The highest BCUT2D eigenvalue weighted by molar-refractivity contribution is 6.06. The average molecular weight is 221 g/mol. The predicted octanol–water partition coefficient (Wildman–Crippen LogP) is -0.772. The maximum atomic E-state index is 11.6. The Hall–Kier alpha value is -2.18. The monoisotopic (exact) mass is 221 g/mol. The SMILES string of the molecule is CN1C(=O)CC(Nc2cnc(N)cn2)C1=O. The highest BCUT2D eigenvalue weighted by Crippen LogP contribution is 2.15. The van der Waals surface area contributed by atoms with E-state index in [2.05, 4.69) is 15.3 Å². The van der Waals surface area contributed by atoms with E-state index < -0.39 is 6.04 Å². The van der Waals surface area contributed by atoms with Gasteiger partial charge in [0.2, 0.25) is 5.91 Å². The van der Waals surface area contributed by atoms with Gasteiger partial charge in [-0.1, -0.05) is 0 Å². The molecule has 0 saturated carbocycles. The molecule has 0 bridgehead atoms. The van der Waals surface area contributed by atoms with Gasteiger partial charge in [0, 0.05) is 7.05 Å². The van der Waals surface area contributed by atoms with Gasteiger partial charge in [-0.05, 0) is 0 Å². The third kappa shape index (κ3) is 1.79. The normalized spacial score (nSPS) is 20.3. The van der Waals surface area contributed by atoms with Crippen molar-refractivity contribution in [2.24, 2.45) is 0 Å². The lowest BCUT2D eigenvalue weighted by Gasteiger charge is -2.10. The van der Waals surface area contributed by atoms with Crippen LogP contribution in [0.5, 0.6) is 0 Å². The van der Waals surface area contributed by atoms with Gasteiger partial charge in [-0.25, -0.2) is 9.97 Å². The standard InChI is InChI=1S/C9H11N5O2/c1-14-8(15)2-5(9(14)16)13-7-4-11-6(10)3-12-7/h3-5H,2H2,1H3,(H2,10,11)(H,12,13). The number of amides is 2. The van der Waals surface area contributed by atoms with Gasteiger partial charge >= 0.3 is 0 Å². The fourth-order valence-corrected chi connectivity index (χ4v) is 1.46. The molecule has 1 saturated heterocycles. The van der Waals surface area contributed by atoms with Gasteiger partial charge in [-0.15, -0.1) is 0 Å². The quantitative estimate of drug-likeness (QED) is 0.636. The molecule has 16 heavy (non-hydrogen) atoms. The van der Waals surface area contributed by atoms with Crippen molar-refractivity contribution >= 4 is 23.5 Å². The molecule has 1 atom stereocenters. The molecule has 0 spiro atoms. The van der Waals surface area contributed by atoms with Crippen molar-refractivity contribution in [2.75, 3.05) is 18.1 Å². The summed E-state index contributed by atoms with van der Waals surface area (Å²) >= 11 is 0. The summed E-state index contributed by atoms with van der Waals surface area (Å²) in [5.41, 5.74) is 5.38. The first kappa shape index (κ1) is 10.3. The number of carbonyl (C=O) groups excluding carboxylic acids is 2. The number of hydrogen-bond acceptors (Lipinski definition) is 6. The summed E-state index contributed by atoms with van der Waals surface area (Å²) in [6.07, 6.45) is 2.94. The molecule has 2 rings (SSSR count). The first-order valence-corrected chi connectivity index (χ1v) is 4.72. The fourth-order valence-electron chi connectivity index (χ4n) is 1.46. The summed E-state index contributed by atoms with van der Waals surface area (Å²) < 4.78 is 0. The molecule has 3 N–H and O–H groups in total. The van der Waals surface area contributed by atoms with E-state index in [0.29, 0.717) is 11.6 Å². The van der Waals surface area contributed by atoms with E-state index in [0.717, 1.165) is 4.90 Å². The van der Waals surface area contributed by atoms with Crippen molar-refractivity contribution in [2.45, 2.75) is 12.5 Å². The van der Waals surface area contributed by atoms with Crippen LogP contribution in [0.2, 0.25) is 0 Å². The molecule has 1 aliphatic heterocycles. The number of nitrogens with one attached hydrogen (secondary N) is 1. The number of likely N-dealkylation sites (N-methyl/N-ethyl adjacent to an activating group) is 1. The van der Waals surface area contributed by atoms with E-state index in [1.165, 1.54) is 19.4 Å². The van der Waals surface area contributed by atoms with Crippen LogP contribution < -0.4 is 11.1 Å². The minimum atomic E-state index is -0.560. The van der Waals surface area contributed by atoms with Crippen LogP contribution in [-0.2, 0) is 9.59 Å². The lowest BCUT2D eigenvalue weighted by molar-refractivity contribution is -0.136. The summed E-state index contributed by atoms with van der Waals surface area (Å²) in [5.74, 6) is 0.265. The van der Waals surface area contributed by atoms with Crippen LogP contribution in [0.1, 0.15) is 6.42 Å². The first-order chi connectivity index (χ1) is 7.58. The third-order valence-corrected chi connectivity index (χ3v) is 2.38. The number of aromatic nitrogens is 2. The molecule has 0 radical (unpaired) electrons. The first-order valence-electron chi connectivity index (χ1n) is 4.72. The Kier molecular flexibility index (Phi) is 2.43. The van der Waals surface area contributed by atoms with Crippen LogP contribution in [0, 0.1) is 0 Å². The molecule has 2 amide bonds. The lowest BCUT2D eigenvalue weighted by atomic mass is 10.2. The Morgan fingerprint density at radius 2 is 2.19 bits per heavy atom. The Labute approximate surface area is 91.7 Å². The summed E-state index contributed by atoms with van der Waals surface area (Å²) in [6, 6.07) is -0.560. The number of nitrogens with zero attached hydrogens (tertiary/aromatic N) is 3. The second-order valence-corrected chi connectivity index (χ2v) is 3.52. The third-order valence-electron chi connectivity index (χ3n) is 2.38. The summed E-state index contributed by atoms with van der Waals surface area (Å²) in [5, 5.41) is 2.84. The number of hydrogen-bond donors (Lipinski definition) is 2. The number of likely N-dealkylation sites (tertiary alicyclic amines) is 1. The van der Waals surface area contributed by atoms with E-state index >= 15 is 0 Å². The molecular weight excluding hydrogens is 210 g/mol. The van der Waals surface area contributed by atoms with Crippen LogP contribution in [0.4, 0.5) is 11.6 Å². The summed E-state index contributed by atoms with van der Waals surface area (Å²) in [7, 11) is 1.46. The van der Waals surface area contributed by atoms with Crippen molar-refractivity contribution in [1.82, 2.24) is 14.9 Å². The van der Waals surface area contributed by atoms with Crippen molar-refractivity contribution < 1.29 is 9.59 Å². The molecule has 1 fully saturated rings. The van der Waals surface area contributed by atoms with Crippen LogP contribution in [0.3, 0.4) is 0 Å². The van der Waals surface area contributed by atoms with Crippen LogP contribution in [0.25, 0.3) is 0 Å². The van der Waals surface area contributed by atoms with E-state index in [1.807, 2.05) is 0 Å². The molecule has 1 aliphatic rings. The van der Waals surface area contributed by atoms with E-state index in [9.17, 15) is 9.59 Å². The molecule has 1 aromatic heterocycles. The van der Waals surface area contributed by atoms with Gasteiger partial charge in [0.05, 0.1) is 18.8 Å². The molecular formula is C9H11N5O2. The Bertz CT molecular complexity index is 430. The molecule has 2 heterocycles. The molecule has 0 aromatic carbocycles. The average Bonchev–Trinajstić information content (AvgIpc) is 2.50. The van der Waals surface area contributed by atoms with Gasteiger partial charge in [0.25, 0.3) is 5.91 Å². The lowest BCUT2D eigenvalue weighted by Crippen LogP contribution is -2.32. The van der Waals surface area contributed by atoms with Gasteiger partial charge in [-0.3, -0.25) is 14.5 Å². The topological polar surface area (TPSA) is 101 Å². The van der Waals surface area contributed by atoms with Gasteiger partial charge in [0.1, 0.15) is 17.7 Å². The van der Waals surface area contributed by atoms with Crippen molar-refractivity contribution in [3.05, 3.63) is 12.4 Å². The number of rotatable bonds is 2. The molecule has 7 nitrogen and oxygen atoms in total. The van der Waals surface area contributed by atoms with Gasteiger partial charge < -0.3 is 11.1 Å². The van der Waals surface area contributed by atoms with Crippen LogP contribution in [0.15, 0.2) is 12.4 Å². The largest absolute Gasteiger partial charge is 0.382 e. The van der Waals surface area contributed by atoms with Crippen molar-refractivity contribution in [3.8, 4) is 0 Å². The molecule has 84 valence electrons. The number of imide groups is 1. The van der Waals surface area contributed by atoms with Crippen molar-refractivity contribution in [1.29, 1.82) is 0 Å². The highest BCUT2D eigenvalue weighted by atomic mass is 16.2. The zero-order chi connectivity index (χ0) is 11.7. The number of carbonyl (C=O) groups is 2. The molecule has 1 unspecified atom stereocenters. The van der Waals surface area contributed by atoms with E-state index in [4.69, 9.17) is 5.73 Å². The second-order valence-electron chi connectivity index (χ2n) is 3.52. The smallest absolute Gasteiger partial charge is 0.251 e. The maximum absolute atomic E-state index is 11.6. The Morgan fingerprint density at radius 3 is 2.69 bits per heavy atom. The number of anilines is 2. The summed E-state index contributed by atoms with van der Waals surface area (Å²) in [6.45, 7) is 0. The van der Waals surface area contributed by atoms with Crippen LogP contribution in [-0.4, -0.2) is 39.8 Å². The molecule has 0 aliphatic carbocycles. The van der Waals surface area contributed by atoms with Gasteiger partial charge in [-0.2, -0.15) is 0 Å². The molecule has 7 heteroatoms. The molecule has 1 aromatic rings. The van der Waals surface area contributed by atoms with Crippen LogP contribution >= 0.6 is 0 Å². The van der Waals surface area contributed by atoms with E-state index in [-0.39, 0.29) is 18.2 Å². The van der Waals surface area contributed by atoms with Gasteiger partial charge in [0.15, 0.2) is 0 Å². The minimum absolute atomic E-state index is 0.140. The number of nitrogen functional groups attached to an aromatic ring is 1. The predicted molar refractivity (Wildman–Crippen MR) is 56.2 cm³/mol. The maximum Gasteiger partial charge on any atom is 0.251 e. The fraction of sp³-hybridized carbons (Fsp3) is 0.333. The van der Waals surface area contributed by atoms with Crippen molar-refractivity contribution in [3.63, 3.8) is 0 Å². The minimum Gasteiger partial charge on any atom is -0.382 e. The Morgan fingerprint density at radius 1 is 1.44 bits per heavy atom. The Balaban J connectivity index is 2.09. The van der Waals surface area contributed by atoms with E-state index in [1.54, 1.807) is 0 Å².